The van der Waals surface area contributed by atoms with Gasteiger partial charge in [0.05, 0.1) is 0 Å². The molecule has 15 heavy (non-hydrogen) atoms. The van der Waals surface area contributed by atoms with Crippen LogP contribution in [0.3, 0.4) is 0 Å². The molecule has 0 radical (unpaired) electrons. The molecule has 88 valence electrons. The summed E-state index contributed by atoms with van der Waals surface area (Å²) in [4.78, 5) is 0. The molecule has 1 heteroatoms. The Bertz CT molecular complexity index is 194. The van der Waals surface area contributed by atoms with Crippen LogP contribution in [0.15, 0.2) is 11.6 Å². The van der Waals surface area contributed by atoms with E-state index in [0.29, 0.717) is 6.04 Å². The van der Waals surface area contributed by atoms with E-state index < -0.39 is 0 Å². The van der Waals surface area contributed by atoms with Crippen molar-refractivity contribution in [3.63, 3.8) is 0 Å². The highest BCUT2D eigenvalue weighted by molar-refractivity contribution is 5.15. The molecule has 0 aromatic rings. The van der Waals surface area contributed by atoms with Gasteiger partial charge in [0.1, 0.15) is 0 Å². The zero-order valence-corrected chi connectivity index (χ0v) is 10.7. The van der Waals surface area contributed by atoms with Crippen LogP contribution < -0.4 is 5.32 Å². The monoisotopic (exact) mass is 209 g/mol. The molecule has 0 spiro atoms. The molecule has 1 rings (SSSR count). The summed E-state index contributed by atoms with van der Waals surface area (Å²) in [5, 5.41) is 3.70. The molecular weight excluding hydrogens is 182 g/mol. The molecule has 1 N–H and O–H groups in total. The smallest absolute Gasteiger partial charge is 0.0279 e. The highest BCUT2D eigenvalue weighted by atomic mass is 14.9. The van der Waals surface area contributed by atoms with Crippen LogP contribution in [0.5, 0.6) is 0 Å². The normalized spacial score (nSPS) is 18.3. The lowest BCUT2D eigenvalue weighted by Gasteiger charge is -2.21. The lowest BCUT2D eigenvalue weighted by atomic mass is 9.97. The summed E-state index contributed by atoms with van der Waals surface area (Å²) in [6.45, 7) is 8.05. The van der Waals surface area contributed by atoms with Gasteiger partial charge in [0.2, 0.25) is 0 Å². The lowest BCUT2D eigenvalue weighted by Crippen LogP contribution is -2.31. The summed E-state index contributed by atoms with van der Waals surface area (Å²) in [5.41, 5.74) is 1.68. The third-order valence-corrected chi connectivity index (χ3v) is 3.20. The first-order chi connectivity index (χ1) is 7.24. The first-order valence-electron chi connectivity index (χ1n) is 6.66. The van der Waals surface area contributed by atoms with Crippen molar-refractivity contribution in [1.29, 1.82) is 0 Å². The number of hydrogen-bond acceptors (Lipinski definition) is 1. The van der Waals surface area contributed by atoms with Gasteiger partial charge < -0.3 is 5.32 Å². The number of nitrogens with one attached hydrogen (secondary N) is 1. The quantitative estimate of drug-likeness (QED) is 0.627. The van der Waals surface area contributed by atoms with Gasteiger partial charge in [-0.05, 0) is 51.0 Å². The molecule has 0 heterocycles. The van der Waals surface area contributed by atoms with E-state index >= 15 is 0 Å². The predicted octanol–water partition coefficient (Wildman–Crippen LogP) is 3.90. The van der Waals surface area contributed by atoms with Crippen LogP contribution in [0.1, 0.15) is 59.3 Å². The van der Waals surface area contributed by atoms with E-state index in [1.54, 1.807) is 5.57 Å². The van der Waals surface area contributed by atoms with E-state index in [9.17, 15) is 0 Å². The Balaban J connectivity index is 2.37. The molecule has 0 bridgehead atoms. The van der Waals surface area contributed by atoms with Gasteiger partial charge in [0, 0.05) is 6.04 Å². The van der Waals surface area contributed by atoms with E-state index in [4.69, 9.17) is 0 Å². The fourth-order valence-corrected chi connectivity index (χ4v) is 2.25. The lowest BCUT2D eigenvalue weighted by molar-refractivity contribution is 0.460. The minimum absolute atomic E-state index is 0.676. The van der Waals surface area contributed by atoms with Gasteiger partial charge in [0.25, 0.3) is 0 Å². The fraction of sp³-hybridized carbons (Fsp3) is 0.857. The van der Waals surface area contributed by atoms with Gasteiger partial charge in [-0.1, -0.05) is 32.4 Å². The standard InChI is InChI=1S/C14H27N/c1-4-11-15-14(10-9-12(2)3)13-7-5-6-8-13/h7,12,14-15H,4-6,8-11H2,1-3H3. The second kappa shape index (κ2) is 7.05. The Hall–Kier alpha value is -0.300. The molecule has 1 aliphatic rings. The Kier molecular flexibility index (Phi) is 6.00. The predicted molar refractivity (Wildman–Crippen MR) is 68.1 cm³/mol. The van der Waals surface area contributed by atoms with Crippen LogP contribution in [0.4, 0.5) is 0 Å². The van der Waals surface area contributed by atoms with Gasteiger partial charge in [-0.2, -0.15) is 0 Å². The summed E-state index contributed by atoms with van der Waals surface area (Å²) in [6.07, 6.45) is 10.4. The third kappa shape index (κ3) is 4.83. The molecule has 0 aromatic carbocycles. The highest BCUT2D eigenvalue weighted by Crippen LogP contribution is 2.24. The molecule has 0 aromatic heterocycles. The molecule has 0 aliphatic heterocycles. The molecule has 1 aliphatic carbocycles. The van der Waals surface area contributed by atoms with E-state index in [1.165, 1.54) is 45.1 Å². The Morgan fingerprint density at radius 1 is 1.33 bits per heavy atom. The SMILES string of the molecule is CCCNC(CCC(C)C)C1=CCCC1. The van der Waals surface area contributed by atoms with E-state index in [2.05, 4.69) is 32.2 Å². The molecule has 0 fully saturated rings. The van der Waals surface area contributed by atoms with Crippen molar-refractivity contribution in [2.75, 3.05) is 6.54 Å². The summed E-state index contributed by atoms with van der Waals surface area (Å²) in [6, 6.07) is 0.676. The van der Waals surface area contributed by atoms with E-state index in [1.807, 2.05) is 0 Å². The summed E-state index contributed by atoms with van der Waals surface area (Å²) in [5.74, 6) is 0.831. The van der Waals surface area contributed by atoms with E-state index in [-0.39, 0.29) is 0 Å². The first kappa shape index (κ1) is 12.8. The number of rotatable bonds is 7. The second-order valence-corrected chi connectivity index (χ2v) is 5.15. The fourth-order valence-electron chi connectivity index (χ4n) is 2.25. The number of allylic oxidation sites excluding steroid dienone is 1. The average Bonchev–Trinajstić information content (AvgIpc) is 2.71. The third-order valence-electron chi connectivity index (χ3n) is 3.20. The van der Waals surface area contributed by atoms with Crippen molar-refractivity contribution in [3.05, 3.63) is 11.6 Å². The van der Waals surface area contributed by atoms with Gasteiger partial charge in [-0.25, -0.2) is 0 Å². The van der Waals surface area contributed by atoms with Crippen LogP contribution in [0, 0.1) is 5.92 Å². The van der Waals surface area contributed by atoms with E-state index in [0.717, 1.165) is 5.92 Å². The Labute approximate surface area is 95.3 Å². The highest BCUT2D eigenvalue weighted by Gasteiger charge is 2.16. The molecular formula is C14H27N. The van der Waals surface area contributed by atoms with Crippen molar-refractivity contribution >= 4 is 0 Å². The van der Waals surface area contributed by atoms with Gasteiger partial charge in [-0.15, -0.1) is 0 Å². The second-order valence-electron chi connectivity index (χ2n) is 5.15. The van der Waals surface area contributed by atoms with Crippen LogP contribution in [0.25, 0.3) is 0 Å². The van der Waals surface area contributed by atoms with Gasteiger partial charge in [-0.3, -0.25) is 0 Å². The van der Waals surface area contributed by atoms with Crippen molar-refractivity contribution in [3.8, 4) is 0 Å². The van der Waals surface area contributed by atoms with Crippen molar-refractivity contribution < 1.29 is 0 Å². The molecule has 0 saturated carbocycles. The summed E-state index contributed by atoms with van der Waals surface area (Å²) >= 11 is 0. The average molecular weight is 209 g/mol. The van der Waals surface area contributed by atoms with Crippen LogP contribution in [-0.4, -0.2) is 12.6 Å². The maximum absolute atomic E-state index is 3.70. The number of hydrogen-bond donors (Lipinski definition) is 1. The largest absolute Gasteiger partial charge is 0.310 e. The summed E-state index contributed by atoms with van der Waals surface area (Å²) in [7, 11) is 0. The van der Waals surface area contributed by atoms with Crippen LogP contribution in [0.2, 0.25) is 0 Å². The van der Waals surface area contributed by atoms with Crippen molar-refractivity contribution in [2.24, 2.45) is 5.92 Å². The molecule has 1 atom stereocenters. The minimum atomic E-state index is 0.676. The Morgan fingerprint density at radius 3 is 2.67 bits per heavy atom. The molecule has 0 saturated heterocycles. The van der Waals surface area contributed by atoms with Gasteiger partial charge in [0.15, 0.2) is 0 Å². The first-order valence-corrected chi connectivity index (χ1v) is 6.66. The molecule has 1 nitrogen and oxygen atoms in total. The van der Waals surface area contributed by atoms with Crippen LogP contribution >= 0.6 is 0 Å². The maximum atomic E-state index is 3.70. The van der Waals surface area contributed by atoms with Gasteiger partial charge >= 0.3 is 0 Å². The van der Waals surface area contributed by atoms with Crippen molar-refractivity contribution in [2.45, 2.75) is 65.3 Å². The van der Waals surface area contributed by atoms with Crippen molar-refractivity contribution in [1.82, 2.24) is 5.32 Å². The Morgan fingerprint density at radius 2 is 2.13 bits per heavy atom. The minimum Gasteiger partial charge on any atom is -0.310 e. The molecule has 1 unspecified atom stereocenters. The maximum Gasteiger partial charge on any atom is 0.0279 e. The van der Waals surface area contributed by atoms with Crippen LogP contribution in [-0.2, 0) is 0 Å². The zero-order valence-electron chi connectivity index (χ0n) is 10.7. The summed E-state index contributed by atoms with van der Waals surface area (Å²) < 4.78 is 0. The zero-order chi connectivity index (χ0) is 11.1. The molecule has 0 amide bonds. The topological polar surface area (TPSA) is 12.0 Å².